The summed E-state index contributed by atoms with van der Waals surface area (Å²) in [7, 11) is 2.14. The van der Waals surface area contributed by atoms with E-state index in [1.807, 2.05) is 48.5 Å². The van der Waals surface area contributed by atoms with E-state index in [1.54, 1.807) is 11.8 Å². The Hall–Kier alpha value is -2.47. The van der Waals surface area contributed by atoms with Crippen LogP contribution in [-0.4, -0.2) is 35.1 Å². The number of amidine groups is 1. The second-order valence-electron chi connectivity index (χ2n) is 9.05. The van der Waals surface area contributed by atoms with Gasteiger partial charge >= 0.3 is 0 Å². The molecule has 1 atom stereocenters. The molecule has 3 aliphatic rings. The molecule has 3 nitrogen and oxygen atoms in total. The van der Waals surface area contributed by atoms with Crippen LogP contribution >= 0.6 is 46.6 Å². The van der Waals surface area contributed by atoms with Gasteiger partial charge in [-0.05, 0) is 65.2 Å². The van der Waals surface area contributed by atoms with Gasteiger partial charge in [-0.1, -0.05) is 95.1 Å². The van der Waals surface area contributed by atoms with E-state index >= 15 is 0 Å². The Morgan fingerprint density at radius 3 is 2.36 bits per heavy atom. The Bertz CT molecular complexity index is 1470. The third-order valence-electron chi connectivity index (χ3n) is 6.60. The summed E-state index contributed by atoms with van der Waals surface area (Å²) in [5.41, 5.74) is 7.65. The van der Waals surface area contributed by atoms with E-state index in [-0.39, 0.29) is 6.04 Å². The number of fused-ring (bicyclic) bond motifs is 1. The van der Waals surface area contributed by atoms with Gasteiger partial charge in [-0.2, -0.15) is 0 Å². The Morgan fingerprint density at radius 1 is 0.889 bits per heavy atom. The molecule has 0 radical (unpaired) electrons. The highest BCUT2D eigenvalue weighted by Gasteiger charge is 2.41. The maximum atomic E-state index is 6.84. The first-order valence-electron chi connectivity index (χ1n) is 11.6. The van der Waals surface area contributed by atoms with E-state index in [0.717, 1.165) is 62.0 Å². The summed E-state index contributed by atoms with van der Waals surface area (Å²) in [6.07, 6.45) is 2.17. The molecule has 0 N–H and O–H groups in total. The molecule has 3 aliphatic heterocycles. The molecule has 0 fully saturated rings. The van der Waals surface area contributed by atoms with Crippen molar-refractivity contribution in [2.75, 3.05) is 20.1 Å². The zero-order valence-electron chi connectivity index (χ0n) is 19.5. The summed E-state index contributed by atoms with van der Waals surface area (Å²) in [6.45, 7) is 1.58. The summed E-state index contributed by atoms with van der Waals surface area (Å²) >= 11 is 21.2. The van der Waals surface area contributed by atoms with Crippen molar-refractivity contribution >= 4 is 63.5 Å². The largest absolute Gasteiger partial charge is 0.308 e. The molecule has 1 unspecified atom stereocenters. The summed E-state index contributed by atoms with van der Waals surface area (Å²) in [5, 5.41) is 5.31. The van der Waals surface area contributed by atoms with Crippen molar-refractivity contribution in [2.45, 2.75) is 6.04 Å². The van der Waals surface area contributed by atoms with E-state index in [1.165, 1.54) is 5.57 Å². The van der Waals surface area contributed by atoms with Crippen molar-refractivity contribution in [1.82, 2.24) is 9.80 Å². The molecule has 0 bridgehead atoms. The molecule has 3 heterocycles. The van der Waals surface area contributed by atoms with Gasteiger partial charge in [0.2, 0.25) is 0 Å². The van der Waals surface area contributed by atoms with Crippen LogP contribution in [0.3, 0.4) is 0 Å². The number of hydrogen-bond donors (Lipinski definition) is 0. The van der Waals surface area contributed by atoms with E-state index in [2.05, 4.69) is 52.6 Å². The predicted octanol–water partition coefficient (Wildman–Crippen LogP) is 8.39. The monoisotopic (exact) mass is 549 g/mol. The lowest BCUT2D eigenvalue weighted by molar-refractivity contribution is 0.344. The van der Waals surface area contributed by atoms with Gasteiger partial charge in [-0.3, -0.25) is 4.90 Å². The number of thioether (sulfide) groups is 1. The molecule has 7 heteroatoms. The molecule has 180 valence electrons. The van der Waals surface area contributed by atoms with E-state index in [4.69, 9.17) is 39.8 Å². The second-order valence-corrected chi connectivity index (χ2v) is 11.1. The molecule has 6 rings (SSSR count). The first kappa shape index (κ1) is 23.9. The molecule has 3 aromatic rings. The number of benzene rings is 3. The van der Waals surface area contributed by atoms with E-state index in [0.29, 0.717) is 5.02 Å². The molecule has 0 aliphatic carbocycles. The third-order valence-corrected chi connectivity index (χ3v) is 8.38. The zero-order chi connectivity index (χ0) is 24.8. The molecule has 0 spiro atoms. The van der Waals surface area contributed by atoms with Gasteiger partial charge in [0.1, 0.15) is 0 Å². The quantitative estimate of drug-likeness (QED) is 0.326. The van der Waals surface area contributed by atoms with Crippen molar-refractivity contribution in [3.63, 3.8) is 0 Å². The number of hydrogen-bond acceptors (Lipinski definition) is 4. The van der Waals surface area contributed by atoms with Gasteiger partial charge in [0.15, 0.2) is 5.17 Å². The maximum absolute atomic E-state index is 6.84. The molecule has 0 saturated heterocycles. The van der Waals surface area contributed by atoms with Crippen molar-refractivity contribution < 1.29 is 0 Å². The van der Waals surface area contributed by atoms with Crippen molar-refractivity contribution in [1.29, 1.82) is 0 Å². The van der Waals surface area contributed by atoms with Crippen LogP contribution in [0.25, 0.3) is 11.8 Å². The van der Waals surface area contributed by atoms with Crippen LogP contribution in [0.2, 0.25) is 15.1 Å². The predicted molar refractivity (Wildman–Crippen MR) is 154 cm³/mol. The summed E-state index contributed by atoms with van der Waals surface area (Å²) < 4.78 is 0. The fraction of sp³-hybridized carbons (Fsp3) is 0.138. The smallest absolute Gasteiger partial charge is 0.174 e. The fourth-order valence-corrected chi connectivity index (χ4v) is 6.49. The minimum Gasteiger partial charge on any atom is -0.308 e. The standard InChI is InChI=1S/C29H22Cl3N3S/c1-34-15-20(14-19-6-2-4-8-24(19)31)27-23(16-34)28(22-7-3-5-9-25(22)32)35-26(17-36-29(35)33-27)18-10-12-21(30)13-11-18/h2-14,17,28H,15-16H2,1H3/b20-14+. The summed E-state index contributed by atoms with van der Waals surface area (Å²) in [6, 6.07) is 23.9. The Kier molecular flexibility index (Phi) is 6.49. The molecule has 0 saturated carbocycles. The van der Waals surface area contributed by atoms with Crippen LogP contribution in [0.5, 0.6) is 0 Å². The third kappa shape index (κ3) is 4.31. The normalized spacial score (nSPS) is 20.8. The van der Waals surface area contributed by atoms with Gasteiger partial charge in [-0.15, -0.1) is 0 Å². The maximum Gasteiger partial charge on any atom is 0.174 e. The van der Waals surface area contributed by atoms with Crippen molar-refractivity contribution in [3.8, 4) is 0 Å². The van der Waals surface area contributed by atoms with E-state index in [9.17, 15) is 0 Å². The van der Waals surface area contributed by atoms with Crippen LogP contribution in [0, 0.1) is 0 Å². The van der Waals surface area contributed by atoms with Crippen LogP contribution in [-0.2, 0) is 0 Å². The minimum absolute atomic E-state index is 0.0875. The number of aliphatic imine (C=N–C) groups is 1. The topological polar surface area (TPSA) is 18.8 Å². The highest BCUT2D eigenvalue weighted by Crippen LogP contribution is 2.50. The average molecular weight is 551 g/mol. The highest BCUT2D eigenvalue weighted by molar-refractivity contribution is 8.16. The number of halogens is 3. The Labute approximate surface area is 230 Å². The minimum atomic E-state index is -0.0875. The first-order valence-corrected chi connectivity index (χ1v) is 13.6. The van der Waals surface area contributed by atoms with Crippen LogP contribution in [0.1, 0.15) is 22.7 Å². The number of likely N-dealkylation sites (N-methyl/N-ethyl adjacent to an activating group) is 1. The lowest BCUT2D eigenvalue weighted by Gasteiger charge is -2.42. The lowest BCUT2D eigenvalue weighted by Crippen LogP contribution is -2.40. The number of rotatable bonds is 3. The summed E-state index contributed by atoms with van der Waals surface area (Å²) in [5.74, 6) is 0. The van der Waals surface area contributed by atoms with Gasteiger partial charge in [0.25, 0.3) is 0 Å². The van der Waals surface area contributed by atoms with Gasteiger partial charge in [0, 0.05) is 33.6 Å². The van der Waals surface area contributed by atoms with Crippen LogP contribution in [0.4, 0.5) is 0 Å². The SMILES string of the molecule is CN1CC2=C(N=C3SC=C(c4ccc(Cl)cc4)N3C2c2ccccc2Cl)/C(=C/c2ccccc2Cl)C1. The molecular weight excluding hydrogens is 529 g/mol. The molecule has 3 aromatic carbocycles. The highest BCUT2D eigenvalue weighted by atomic mass is 35.5. The van der Waals surface area contributed by atoms with Crippen LogP contribution < -0.4 is 0 Å². The molecule has 0 amide bonds. The average Bonchev–Trinajstić information content (AvgIpc) is 3.29. The van der Waals surface area contributed by atoms with E-state index < -0.39 is 0 Å². The Morgan fingerprint density at radius 2 is 1.61 bits per heavy atom. The van der Waals surface area contributed by atoms with Gasteiger partial charge in [0.05, 0.1) is 17.4 Å². The van der Waals surface area contributed by atoms with Crippen molar-refractivity contribution in [3.05, 3.63) is 127 Å². The fourth-order valence-electron chi connectivity index (χ4n) is 5.00. The molecule has 0 aromatic heterocycles. The Balaban J connectivity index is 1.54. The van der Waals surface area contributed by atoms with Gasteiger partial charge in [-0.25, -0.2) is 4.99 Å². The summed E-state index contributed by atoms with van der Waals surface area (Å²) in [4.78, 5) is 9.87. The molecule has 36 heavy (non-hydrogen) atoms. The van der Waals surface area contributed by atoms with Crippen LogP contribution in [0.15, 0.2) is 100 Å². The lowest BCUT2D eigenvalue weighted by atomic mass is 9.88. The van der Waals surface area contributed by atoms with Gasteiger partial charge < -0.3 is 4.90 Å². The zero-order valence-corrected chi connectivity index (χ0v) is 22.5. The molecular formula is C29H22Cl3N3S. The first-order chi connectivity index (χ1) is 17.5. The van der Waals surface area contributed by atoms with Crippen molar-refractivity contribution in [2.24, 2.45) is 4.99 Å². The number of nitrogens with zero attached hydrogens (tertiary/aromatic N) is 3. The second kappa shape index (κ2) is 9.77.